The summed E-state index contributed by atoms with van der Waals surface area (Å²) in [4.78, 5) is 24.1. The first-order valence-electron chi connectivity index (χ1n) is 6.33. The Labute approximate surface area is 112 Å². The summed E-state index contributed by atoms with van der Waals surface area (Å²) < 4.78 is 5.16. The first-order valence-corrected chi connectivity index (χ1v) is 6.33. The normalized spacial score (nSPS) is 11.9. The number of furan rings is 1. The predicted molar refractivity (Wildman–Crippen MR) is 69.9 cm³/mol. The van der Waals surface area contributed by atoms with Crippen molar-refractivity contribution >= 4 is 12.0 Å². The van der Waals surface area contributed by atoms with Crippen LogP contribution in [-0.2, 0) is 11.2 Å². The van der Waals surface area contributed by atoms with E-state index in [1.165, 1.54) is 4.90 Å². The Morgan fingerprint density at radius 3 is 2.79 bits per heavy atom. The molecule has 0 aromatic carbocycles. The fourth-order valence-corrected chi connectivity index (χ4v) is 1.87. The molecule has 0 saturated carbocycles. The van der Waals surface area contributed by atoms with Gasteiger partial charge in [-0.15, -0.1) is 0 Å². The number of rotatable bonds is 7. The van der Waals surface area contributed by atoms with Crippen LogP contribution < -0.4 is 5.32 Å². The number of aliphatic carboxylic acids is 1. The summed E-state index contributed by atoms with van der Waals surface area (Å²) in [6.45, 7) is 4.48. The van der Waals surface area contributed by atoms with E-state index in [4.69, 9.17) is 9.52 Å². The maximum atomic E-state index is 11.9. The summed E-state index contributed by atoms with van der Waals surface area (Å²) >= 11 is 0. The first kappa shape index (κ1) is 15.1. The second kappa shape index (κ2) is 7.45. The highest BCUT2D eigenvalue weighted by molar-refractivity contribution is 5.75. The number of hydrogen-bond donors (Lipinski definition) is 2. The van der Waals surface area contributed by atoms with Crippen LogP contribution in [-0.4, -0.2) is 41.1 Å². The van der Waals surface area contributed by atoms with E-state index < -0.39 is 5.97 Å². The molecule has 0 aliphatic heterocycles. The average molecular weight is 268 g/mol. The van der Waals surface area contributed by atoms with E-state index in [1.54, 1.807) is 19.3 Å². The molecule has 0 aliphatic rings. The molecule has 2 N–H and O–H groups in total. The Balaban J connectivity index is 2.38. The van der Waals surface area contributed by atoms with E-state index >= 15 is 0 Å². The zero-order chi connectivity index (χ0) is 14.3. The Morgan fingerprint density at radius 1 is 1.53 bits per heavy atom. The summed E-state index contributed by atoms with van der Waals surface area (Å²) in [6.07, 6.45) is 2.15. The van der Waals surface area contributed by atoms with Crippen LogP contribution in [0.2, 0.25) is 0 Å². The van der Waals surface area contributed by atoms with Crippen LogP contribution in [0.25, 0.3) is 0 Å². The molecule has 1 atom stereocenters. The van der Waals surface area contributed by atoms with Gasteiger partial charge >= 0.3 is 12.0 Å². The van der Waals surface area contributed by atoms with Gasteiger partial charge in [-0.3, -0.25) is 4.79 Å². The number of carboxylic acid groups (broad SMARTS) is 1. The first-order chi connectivity index (χ1) is 9.04. The van der Waals surface area contributed by atoms with Crippen molar-refractivity contribution in [1.82, 2.24) is 10.2 Å². The largest absolute Gasteiger partial charge is 0.481 e. The molecule has 0 aliphatic carbocycles. The van der Waals surface area contributed by atoms with Crippen LogP contribution in [0.3, 0.4) is 0 Å². The number of amides is 2. The van der Waals surface area contributed by atoms with Gasteiger partial charge in [0.15, 0.2) is 0 Å². The van der Waals surface area contributed by atoms with Gasteiger partial charge in [0.05, 0.1) is 12.7 Å². The average Bonchev–Trinajstić information content (AvgIpc) is 2.82. The van der Waals surface area contributed by atoms with E-state index in [9.17, 15) is 9.59 Å². The fraction of sp³-hybridized carbons (Fsp3) is 0.538. The molecule has 1 heterocycles. The lowest BCUT2D eigenvalue weighted by Crippen LogP contribution is -2.46. The van der Waals surface area contributed by atoms with E-state index in [0.717, 1.165) is 5.76 Å². The van der Waals surface area contributed by atoms with Crippen molar-refractivity contribution in [2.24, 2.45) is 0 Å². The third kappa shape index (κ3) is 5.03. The van der Waals surface area contributed by atoms with Crippen molar-refractivity contribution in [2.75, 3.05) is 13.1 Å². The van der Waals surface area contributed by atoms with Gasteiger partial charge in [-0.25, -0.2) is 4.79 Å². The minimum Gasteiger partial charge on any atom is -0.481 e. The van der Waals surface area contributed by atoms with Crippen molar-refractivity contribution in [3.05, 3.63) is 24.2 Å². The molecule has 1 unspecified atom stereocenters. The Morgan fingerprint density at radius 2 is 2.26 bits per heavy atom. The molecule has 6 nitrogen and oxygen atoms in total. The molecular formula is C13H20N2O4. The Kier molecular flexibility index (Phi) is 5.92. The minimum absolute atomic E-state index is 0.0561. The second-order valence-electron chi connectivity index (χ2n) is 4.29. The highest BCUT2D eigenvalue weighted by Gasteiger charge is 2.20. The number of nitrogens with zero attached hydrogens (tertiary/aromatic N) is 1. The Bertz CT molecular complexity index is 403. The highest BCUT2D eigenvalue weighted by atomic mass is 16.4. The summed E-state index contributed by atoms with van der Waals surface area (Å²) in [5.41, 5.74) is 0. The fourth-order valence-electron chi connectivity index (χ4n) is 1.87. The summed E-state index contributed by atoms with van der Waals surface area (Å²) in [6, 6.07) is 3.07. The molecule has 0 bridgehead atoms. The maximum Gasteiger partial charge on any atom is 0.317 e. The quantitative estimate of drug-likeness (QED) is 0.788. The lowest BCUT2D eigenvalue weighted by molar-refractivity contribution is -0.138. The molecule has 0 spiro atoms. The molecule has 0 fully saturated rings. The molecular weight excluding hydrogens is 248 g/mol. The zero-order valence-corrected chi connectivity index (χ0v) is 11.3. The molecule has 19 heavy (non-hydrogen) atoms. The van der Waals surface area contributed by atoms with Gasteiger partial charge in [0.2, 0.25) is 0 Å². The zero-order valence-electron chi connectivity index (χ0n) is 11.3. The van der Waals surface area contributed by atoms with Crippen molar-refractivity contribution in [3.63, 3.8) is 0 Å². The number of carbonyl (C=O) groups is 2. The summed E-state index contributed by atoms with van der Waals surface area (Å²) in [5, 5.41) is 11.5. The second-order valence-corrected chi connectivity index (χ2v) is 4.29. The summed E-state index contributed by atoms with van der Waals surface area (Å²) in [7, 11) is 0. The van der Waals surface area contributed by atoms with Crippen molar-refractivity contribution in [2.45, 2.75) is 32.7 Å². The molecule has 106 valence electrons. The maximum absolute atomic E-state index is 11.9. The number of hydrogen-bond acceptors (Lipinski definition) is 3. The van der Waals surface area contributed by atoms with Crippen molar-refractivity contribution in [1.29, 1.82) is 0 Å². The van der Waals surface area contributed by atoms with E-state index in [1.807, 2.05) is 13.0 Å². The smallest absolute Gasteiger partial charge is 0.317 e. The molecule has 1 aromatic heterocycles. The van der Waals surface area contributed by atoms with Gasteiger partial charge in [0.1, 0.15) is 5.76 Å². The third-order valence-corrected chi connectivity index (χ3v) is 2.83. The van der Waals surface area contributed by atoms with Gasteiger partial charge in [-0.1, -0.05) is 0 Å². The number of nitrogens with one attached hydrogen (secondary N) is 1. The van der Waals surface area contributed by atoms with Gasteiger partial charge < -0.3 is 19.7 Å². The number of carbonyl (C=O) groups excluding carboxylic acids is 1. The molecule has 1 rings (SSSR count). The van der Waals surface area contributed by atoms with Gasteiger partial charge in [0, 0.05) is 25.6 Å². The third-order valence-electron chi connectivity index (χ3n) is 2.83. The van der Waals surface area contributed by atoms with E-state index in [-0.39, 0.29) is 18.5 Å². The molecule has 0 saturated heterocycles. The lowest BCUT2D eigenvalue weighted by Gasteiger charge is -2.27. The molecule has 0 radical (unpaired) electrons. The van der Waals surface area contributed by atoms with Crippen LogP contribution in [0.4, 0.5) is 4.79 Å². The van der Waals surface area contributed by atoms with Crippen LogP contribution in [0, 0.1) is 0 Å². The minimum atomic E-state index is -0.908. The van der Waals surface area contributed by atoms with Gasteiger partial charge in [-0.05, 0) is 26.0 Å². The number of carboxylic acids is 1. The monoisotopic (exact) mass is 268 g/mol. The standard InChI is InChI=1S/C13H20N2O4/c1-3-15(10(2)9-12(16)17)13(18)14-7-6-11-5-4-8-19-11/h4-5,8,10H,3,6-7,9H2,1-2H3,(H,14,18)(H,16,17). The van der Waals surface area contributed by atoms with Crippen molar-refractivity contribution in [3.8, 4) is 0 Å². The molecule has 1 aromatic rings. The molecule has 2 amide bonds. The SMILES string of the molecule is CCN(C(=O)NCCc1ccco1)C(C)CC(=O)O. The van der Waals surface area contributed by atoms with Crippen LogP contribution in [0.1, 0.15) is 26.0 Å². The predicted octanol–water partition coefficient (Wildman–Crippen LogP) is 1.72. The highest BCUT2D eigenvalue weighted by Crippen LogP contribution is 2.05. The van der Waals surface area contributed by atoms with Crippen LogP contribution in [0.15, 0.2) is 22.8 Å². The van der Waals surface area contributed by atoms with Crippen LogP contribution >= 0.6 is 0 Å². The van der Waals surface area contributed by atoms with E-state index in [2.05, 4.69) is 5.32 Å². The number of urea groups is 1. The van der Waals surface area contributed by atoms with Crippen molar-refractivity contribution < 1.29 is 19.1 Å². The van der Waals surface area contributed by atoms with E-state index in [0.29, 0.717) is 19.5 Å². The Hall–Kier alpha value is -1.98. The summed E-state index contributed by atoms with van der Waals surface area (Å²) in [5.74, 6) is -0.101. The lowest BCUT2D eigenvalue weighted by atomic mass is 10.2. The topological polar surface area (TPSA) is 82.8 Å². The van der Waals surface area contributed by atoms with Crippen LogP contribution in [0.5, 0.6) is 0 Å². The van der Waals surface area contributed by atoms with Gasteiger partial charge in [-0.2, -0.15) is 0 Å². The van der Waals surface area contributed by atoms with Gasteiger partial charge in [0.25, 0.3) is 0 Å². The molecule has 6 heteroatoms.